The summed E-state index contributed by atoms with van der Waals surface area (Å²) in [7, 11) is 0. The molecule has 28 heavy (non-hydrogen) atoms. The maximum atomic E-state index is 3.36. The molecule has 1 rings (SSSR count). The largest absolute Gasteiger partial charge is 0.0845 e. The van der Waals surface area contributed by atoms with E-state index >= 15 is 0 Å². The summed E-state index contributed by atoms with van der Waals surface area (Å²) >= 11 is 0. The minimum absolute atomic E-state index is 1.07. The lowest BCUT2D eigenvalue weighted by molar-refractivity contribution is 0.570. The fourth-order valence-corrected chi connectivity index (χ4v) is 2.77. The van der Waals surface area contributed by atoms with Gasteiger partial charge in [-0.2, -0.15) is 0 Å². The Bertz CT molecular complexity index is 546. The molecule has 0 spiro atoms. The van der Waals surface area contributed by atoms with Crippen LogP contribution in [0.1, 0.15) is 64.2 Å². The predicted molar refractivity (Wildman–Crippen MR) is 127 cm³/mol. The first-order chi connectivity index (χ1) is 14.0. The summed E-state index contributed by atoms with van der Waals surface area (Å²) in [6, 6.07) is 0. The molecule has 0 nitrogen and oxygen atoms in total. The third kappa shape index (κ3) is 18.5. The first kappa shape index (κ1) is 23.7. The third-order valence-electron chi connectivity index (χ3n) is 4.35. The van der Waals surface area contributed by atoms with Crippen molar-refractivity contribution in [1.29, 1.82) is 0 Å². The van der Waals surface area contributed by atoms with Crippen LogP contribution in [0.2, 0.25) is 0 Å². The van der Waals surface area contributed by atoms with E-state index in [0.29, 0.717) is 0 Å². The van der Waals surface area contributed by atoms with Crippen molar-refractivity contribution < 1.29 is 0 Å². The van der Waals surface area contributed by atoms with Gasteiger partial charge in [0.15, 0.2) is 0 Å². The zero-order chi connectivity index (χ0) is 19.8. The van der Waals surface area contributed by atoms with E-state index in [0.717, 1.165) is 6.42 Å². The summed E-state index contributed by atoms with van der Waals surface area (Å²) in [6.45, 7) is 0. The summed E-state index contributed by atoms with van der Waals surface area (Å²) in [5.41, 5.74) is 0. The predicted octanol–water partition coefficient (Wildman–Crippen LogP) is 8.71. The maximum Gasteiger partial charge on any atom is -0.0276 e. The number of rotatable bonds is 0. The summed E-state index contributed by atoms with van der Waals surface area (Å²) in [5, 5.41) is 0. The van der Waals surface area contributed by atoms with Gasteiger partial charge in [0.2, 0.25) is 0 Å². The lowest BCUT2D eigenvalue weighted by Crippen LogP contribution is -1.81. The van der Waals surface area contributed by atoms with Crippen molar-refractivity contribution in [3.05, 3.63) is 109 Å². The molecule has 0 heterocycles. The second kappa shape index (κ2) is 21.0. The van der Waals surface area contributed by atoms with Crippen LogP contribution >= 0.6 is 0 Å². The van der Waals surface area contributed by atoms with Crippen LogP contribution in [0.15, 0.2) is 103 Å². The zero-order valence-corrected chi connectivity index (χ0v) is 17.4. The maximum absolute atomic E-state index is 3.36. The molecule has 0 N–H and O–H groups in total. The van der Waals surface area contributed by atoms with Gasteiger partial charge in [-0.25, -0.2) is 0 Å². The van der Waals surface area contributed by atoms with Crippen molar-refractivity contribution in [2.75, 3.05) is 0 Å². The van der Waals surface area contributed by atoms with Gasteiger partial charge >= 0.3 is 0 Å². The molecule has 0 heteroatoms. The highest BCUT2D eigenvalue weighted by Gasteiger charge is 1.91. The molecule has 0 bridgehead atoms. The molecule has 0 saturated carbocycles. The molecule has 149 valence electrons. The van der Waals surface area contributed by atoms with Gasteiger partial charge in [-0.1, -0.05) is 142 Å². The lowest BCUT2D eigenvalue weighted by atomic mass is 10.1. The Labute approximate surface area is 173 Å². The second-order valence-electron chi connectivity index (χ2n) is 6.86. The Balaban J connectivity index is 2.41. The zero-order valence-electron chi connectivity index (χ0n) is 17.4. The molecular formula is C28H37. The molecule has 1 aliphatic carbocycles. The molecule has 0 unspecified atom stereocenters. The molecule has 0 aliphatic heterocycles. The van der Waals surface area contributed by atoms with E-state index in [1.807, 2.05) is 72.9 Å². The Morgan fingerprint density at radius 3 is 1.29 bits per heavy atom. The van der Waals surface area contributed by atoms with E-state index in [-0.39, 0.29) is 0 Å². The van der Waals surface area contributed by atoms with E-state index in [1.54, 1.807) is 0 Å². The highest BCUT2D eigenvalue weighted by molar-refractivity contribution is 5.21. The van der Waals surface area contributed by atoms with Gasteiger partial charge in [-0.3, -0.25) is 0 Å². The van der Waals surface area contributed by atoms with Crippen LogP contribution in [0.25, 0.3) is 0 Å². The second-order valence-corrected chi connectivity index (χ2v) is 6.86. The first-order valence-corrected chi connectivity index (χ1v) is 10.9. The molecule has 0 fully saturated rings. The van der Waals surface area contributed by atoms with Crippen LogP contribution in [0, 0.1) is 6.08 Å². The van der Waals surface area contributed by atoms with Gasteiger partial charge in [0.05, 0.1) is 0 Å². The molecular weight excluding hydrogens is 336 g/mol. The minimum Gasteiger partial charge on any atom is -0.0845 e. The van der Waals surface area contributed by atoms with Gasteiger partial charge in [-0.05, 0) is 31.8 Å². The van der Waals surface area contributed by atoms with Crippen LogP contribution in [0.4, 0.5) is 0 Å². The normalized spacial score (nSPS) is 25.7. The van der Waals surface area contributed by atoms with Crippen LogP contribution in [0.3, 0.4) is 0 Å². The third-order valence-corrected chi connectivity index (χ3v) is 4.35. The molecule has 0 atom stereocenters. The van der Waals surface area contributed by atoms with Crippen LogP contribution in [-0.2, 0) is 0 Å². The SMILES string of the molecule is [C]1=C\C=C/C=C\C=C/C=C\C=C/C=CC=C/C=C\CCCCCCCCCC1. The van der Waals surface area contributed by atoms with Crippen molar-refractivity contribution in [2.45, 2.75) is 64.2 Å². The first-order valence-electron chi connectivity index (χ1n) is 10.9. The van der Waals surface area contributed by atoms with Gasteiger partial charge in [0, 0.05) is 0 Å². The number of hydrogen-bond acceptors (Lipinski definition) is 0. The van der Waals surface area contributed by atoms with Crippen LogP contribution in [0.5, 0.6) is 0 Å². The topological polar surface area (TPSA) is 0 Å². The van der Waals surface area contributed by atoms with E-state index < -0.39 is 0 Å². The quantitative estimate of drug-likeness (QED) is 0.398. The fourth-order valence-electron chi connectivity index (χ4n) is 2.77. The molecule has 0 aromatic carbocycles. The molecule has 1 aliphatic rings. The summed E-state index contributed by atoms with van der Waals surface area (Å²) in [5.74, 6) is 0. The average Bonchev–Trinajstić information content (AvgIpc) is 2.71. The molecule has 0 saturated heterocycles. The van der Waals surface area contributed by atoms with Crippen molar-refractivity contribution >= 4 is 0 Å². The Morgan fingerprint density at radius 1 is 0.357 bits per heavy atom. The standard InChI is InChI=1S/C28H37/c1-2-4-6-8-10-12-14-16-18-20-22-24-26-28-27-25-23-21-19-17-15-13-11-9-7-5-3-1/h1-17H,18,20-28H2/b3-1-,4-2-,7-5-,8-6?,11-9-,12-10?,15-13-,16-14-,19-17?. The van der Waals surface area contributed by atoms with Gasteiger partial charge in [0.25, 0.3) is 0 Å². The highest BCUT2D eigenvalue weighted by Crippen LogP contribution is 2.11. The van der Waals surface area contributed by atoms with Crippen molar-refractivity contribution in [1.82, 2.24) is 0 Å². The van der Waals surface area contributed by atoms with Crippen molar-refractivity contribution in [3.63, 3.8) is 0 Å². The van der Waals surface area contributed by atoms with Gasteiger partial charge in [0.1, 0.15) is 0 Å². The summed E-state index contributed by atoms with van der Waals surface area (Å²) < 4.78 is 0. The van der Waals surface area contributed by atoms with Gasteiger partial charge < -0.3 is 0 Å². The smallest absolute Gasteiger partial charge is 0.0276 e. The molecule has 1 radical (unpaired) electrons. The van der Waals surface area contributed by atoms with Gasteiger partial charge in [-0.15, -0.1) is 0 Å². The Morgan fingerprint density at radius 2 is 0.750 bits per heavy atom. The van der Waals surface area contributed by atoms with Crippen molar-refractivity contribution in [2.24, 2.45) is 0 Å². The molecule has 0 aromatic rings. The van der Waals surface area contributed by atoms with Crippen molar-refractivity contribution in [3.8, 4) is 0 Å². The van der Waals surface area contributed by atoms with E-state index in [2.05, 4.69) is 36.5 Å². The Kier molecular flexibility index (Phi) is 17.7. The minimum atomic E-state index is 1.07. The number of hydrogen-bond donors (Lipinski definition) is 0. The van der Waals surface area contributed by atoms with Crippen LogP contribution in [-0.4, -0.2) is 0 Å². The van der Waals surface area contributed by atoms with E-state index in [9.17, 15) is 0 Å². The van der Waals surface area contributed by atoms with E-state index in [1.165, 1.54) is 57.8 Å². The summed E-state index contributed by atoms with van der Waals surface area (Å²) in [6.07, 6.45) is 51.5. The summed E-state index contributed by atoms with van der Waals surface area (Å²) in [4.78, 5) is 0. The molecule has 0 amide bonds. The molecule has 0 aromatic heterocycles. The lowest BCUT2D eigenvalue weighted by Gasteiger charge is -2.00. The Hall–Kier alpha value is -2.34. The monoisotopic (exact) mass is 373 g/mol. The van der Waals surface area contributed by atoms with E-state index in [4.69, 9.17) is 0 Å². The average molecular weight is 374 g/mol. The number of allylic oxidation sites excluding steroid dienone is 18. The van der Waals surface area contributed by atoms with Crippen LogP contribution < -0.4 is 0 Å². The highest BCUT2D eigenvalue weighted by atomic mass is 14.0. The fraction of sp³-hybridized carbons (Fsp3) is 0.357.